The Morgan fingerprint density at radius 3 is 2.83 bits per heavy atom. The molecule has 9 heteroatoms. The molecule has 3 aromatic heterocycles. The highest BCUT2D eigenvalue weighted by atomic mass is 32.1. The van der Waals surface area contributed by atoms with Gasteiger partial charge in [-0.2, -0.15) is 0 Å². The molecule has 160 valence electrons. The summed E-state index contributed by atoms with van der Waals surface area (Å²) in [6.45, 7) is 7.18. The van der Waals surface area contributed by atoms with E-state index in [0.717, 1.165) is 63.2 Å². The summed E-state index contributed by atoms with van der Waals surface area (Å²) in [5.74, 6) is 1.74. The molecule has 0 bridgehead atoms. The number of rotatable bonds is 7. The van der Waals surface area contributed by atoms with Crippen LogP contribution in [0.25, 0.3) is 5.65 Å². The van der Waals surface area contributed by atoms with E-state index in [1.807, 2.05) is 40.1 Å². The smallest absolute Gasteiger partial charge is 0.191 e. The van der Waals surface area contributed by atoms with Crippen molar-refractivity contribution in [1.29, 1.82) is 0 Å². The minimum absolute atomic E-state index is 0.312. The van der Waals surface area contributed by atoms with Crippen LogP contribution in [0.3, 0.4) is 0 Å². The molecular formula is C21H29N7OS. The number of pyridine rings is 1. The lowest BCUT2D eigenvalue weighted by Crippen LogP contribution is -2.46. The van der Waals surface area contributed by atoms with Crippen LogP contribution in [0.5, 0.6) is 0 Å². The summed E-state index contributed by atoms with van der Waals surface area (Å²) in [7, 11) is 1.81. The van der Waals surface area contributed by atoms with E-state index in [0.29, 0.717) is 6.04 Å². The first-order chi connectivity index (χ1) is 14.7. The number of ether oxygens (including phenoxy) is 1. The van der Waals surface area contributed by atoms with Gasteiger partial charge in [0, 0.05) is 55.6 Å². The zero-order valence-electron chi connectivity index (χ0n) is 17.5. The Hall–Kier alpha value is -2.49. The standard InChI is InChI=1S/C21H29N7OS/c1-16-6-7-18(30-16)17(27-11-13-29-14-12-27)15-24-21(22-2)23-9-8-20-26-25-19-5-3-4-10-28(19)20/h3-7,10,17H,8-9,11-15H2,1-2H3,(H2,22,23,24). The summed E-state index contributed by atoms with van der Waals surface area (Å²) in [6.07, 6.45) is 2.76. The Labute approximate surface area is 181 Å². The van der Waals surface area contributed by atoms with Crippen molar-refractivity contribution in [2.75, 3.05) is 46.4 Å². The van der Waals surface area contributed by atoms with E-state index in [2.05, 4.69) is 49.8 Å². The van der Waals surface area contributed by atoms with Gasteiger partial charge >= 0.3 is 0 Å². The fourth-order valence-electron chi connectivity index (χ4n) is 3.70. The van der Waals surface area contributed by atoms with Crippen molar-refractivity contribution in [3.05, 3.63) is 52.1 Å². The zero-order chi connectivity index (χ0) is 20.8. The van der Waals surface area contributed by atoms with Crippen molar-refractivity contribution < 1.29 is 4.74 Å². The minimum atomic E-state index is 0.312. The van der Waals surface area contributed by atoms with Gasteiger partial charge in [-0.25, -0.2) is 0 Å². The van der Waals surface area contributed by atoms with E-state index in [-0.39, 0.29) is 0 Å². The molecule has 0 spiro atoms. The number of fused-ring (bicyclic) bond motifs is 1. The molecule has 0 saturated carbocycles. The highest BCUT2D eigenvalue weighted by Crippen LogP contribution is 2.27. The van der Waals surface area contributed by atoms with E-state index in [1.165, 1.54) is 9.75 Å². The average Bonchev–Trinajstić information content (AvgIpc) is 3.40. The number of aliphatic imine (C=N–C) groups is 1. The SMILES string of the molecule is CN=C(NCCc1nnc2ccccn12)NCC(c1ccc(C)s1)N1CCOCC1. The van der Waals surface area contributed by atoms with Crippen molar-refractivity contribution in [3.8, 4) is 0 Å². The molecule has 1 aliphatic rings. The summed E-state index contributed by atoms with van der Waals surface area (Å²) < 4.78 is 7.57. The van der Waals surface area contributed by atoms with Gasteiger partial charge in [0.05, 0.1) is 19.3 Å². The minimum Gasteiger partial charge on any atom is -0.379 e. The molecule has 1 unspecified atom stereocenters. The predicted octanol–water partition coefficient (Wildman–Crippen LogP) is 1.88. The van der Waals surface area contributed by atoms with Crippen molar-refractivity contribution in [2.45, 2.75) is 19.4 Å². The topological polar surface area (TPSA) is 79.1 Å². The van der Waals surface area contributed by atoms with E-state index in [9.17, 15) is 0 Å². The number of nitrogens with one attached hydrogen (secondary N) is 2. The Kier molecular flexibility index (Phi) is 6.93. The van der Waals surface area contributed by atoms with Gasteiger partial charge in [-0.3, -0.25) is 14.3 Å². The second-order valence-corrected chi connectivity index (χ2v) is 8.61. The molecule has 8 nitrogen and oxygen atoms in total. The third kappa shape index (κ3) is 4.97. The fourth-order valence-corrected chi connectivity index (χ4v) is 4.71. The third-order valence-corrected chi connectivity index (χ3v) is 6.39. The lowest BCUT2D eigenvalue weighted by molar-refractivity contribution is 0.0177. The quantitative estimate of drug-likeness (QED) is 0.443. The van der Waals surface area contributed by atoms with Crippen LogP contribution in [0.15, 0.2) is 41.5 Å². The molecule has 0 aromatic carbocycles. The normalized spacial score (nSPS) is 16.7. The largest absolute Gasteiger partial charge is 0.379 e. The van der Waals surface area contributed by atoms with Gasteiger partial charge in [-0.1, -0.05) is 6.07 Å². The van der Waals surface area contributed by atoms with Crippen LogP contribution in [-0.4, -0.2) is 71.9 Å². The van der Waals surface area contributed by atoms with Crippen molar-refractivity contribution in [1.82, 2.24) is 30.1 Å². The van der Waals surface area contributed by atoms with Crippen LogP contribution in [-0.2, 0) is 11.2 Å². The first kappa shape index (κ1) is 20.8. The van der Waals surface area contributed by atoms with E-state index in [1.54, 1.807) is 7.05 Å². The van der Waals surface area contributed by atoms with E-state index < -0.39 is 0 Å². The molecule has 3 aromatic rings. The molecule has 1 atom stereocenters. The van der Waals surface area contributed by atoms with Gasteiger partial charge in [0.1, 0.15) is 5.82 Å². The number of nitrogens with zero attached hydrogens (tertiary/aromatic N) is 5. The molecule has 0 radical (unpaired) electrons. The van der Waals surface area contributed by atoms with Gasteiger partial charge in [-0.05, 0) is 31.2 Å². The number of guanidine groups is 1. The highest BCUT2D eigenvalue weighted by molar-refractivity contribution is 7.12. The average molecular weight is 428 g/mol. The molecule has 4 heterocycles. The van der Waals surface area contributed by atoms with Crippen LogP contribution in [0.2, 0.25) is 0 Å². The summed E-state index contributed by atoms with van der Waals surface area (Å²) in [6, 6.07) is 10.7. The Balaban J connectivity index is 1.33. The number of hydrogen-bond acceptors (Lipinski definition) is 6. The van der Waals surface area contributed by atoms with Gasteiger partial charge in [0.25, 0.3) is 0 Å². The monoisotopic (exact) mass is 427 g/mol. The second kappa shape index (κ2) is 10.0. The molecular weight excluding hydrogens is 398 g/mol. The van der Waals surface area contributed by atoms with Gasteiger partial charge < -0.3 is 15.4 Å². The van der Waals surface area contributed by atoms with Gasteiger partial charge in [0.15, 0.2) is 11.6 Å². The van der Waals surface area contributed by atoms with Crippen LogP contribution in [0.1, 0.15) is 21.6 Å². The molecule has 4 rings (SSSR count). The fraction of sp³-hybridized carbons (Fsp3) is 0.476. The maximum absolute atomic E-state index is 5.55. The van der Waals surface area contributed by atoms with E-state index in [4.69, 9.17) is 4.74 Å². The number of morpholine rings is 1. The summed E-state index contributed by atoms with van der Waals surface area (Å²) in [4.78, 5) is 9.62. The third-order valence-electron chi connectivity index (χ3n) is 5.29. The van der Waals surface area contributed by atoms with Crippen LogP contribution >= 0.6 is 11.3 Å². The van der Waals surface area contributed by atoms with Crippen LogP contribution in [0, 0.1) is 6.92 Å². The molecule has 1 fully saturated rings. The molecule has 0 aliphatic carbocycles. The van der Waals surface area contributed by atoms with Crippen LogP contribution in [0.4, 0.5) is 0 Å². The molecule has 1 aliphatic heterocycles. The predicted molar refractivity (Wildman–Crippen MR) is 120 cm³/mol. The summed E-state index contributed by atoms with van der Waals surface area (Å²) in [5, 5.41) is 15.4. The number of aromatic nitrogens is 3. The first-order valence-corrected chi connectivity index (χ1v) is 11.2. The van der Waals surface area contributed by atoms with Gasteiger partial charge in [0.2, 0.25) is 0 Å². The maximum Gasteiger partial charge on any atom is 0.191 e. The number of thiophene rings is 1. The van der Waals surface area contributed by atoms with Crippen molar-refractivity contribution in [3.63, 3.8) is 0 Å². The Bertz CT molecular complexity index is 977. The first-order valence-electron chi connectivity index (χ1n) is 10.4. The summed E-state index contributed by atoms with van der Waals surface area (Å²) >= 11 is 1.87. The molecule has 30 heavy (non-hydrogen) atoms. The Morgan fingerprint density at radius 2 is 2.07 bits per heavy atom. The van der Waals surface area contributed by atoms with Crippen LogP contribution < -0.4 is 10.6 Å². The molecule has 0 amide bonds. The Morgan fingerprint density at radius 1 is 1.20 bits per heavy atom. The lowest BCUT2D eigenvalue weighted by Gasteiger charge is -2.34. The van der Waals surface area contributed by atoms with Crippen molar-refractivity contribution in [2.24, 2.45) is 4.99 Å². The highest BCUT2D eigenvalue weighted by Gasteiger charge is 2.24. The molecule has 2 N–H and O–H groups in total. The molecule has 1 saturated heterocycles. The number of aryl methyl sites for hydroxylation is 1. The van der Waals surface area contributed by atoms with E-state index >= 15 is 0 Å². The lowest BCUT2D eigenvalue weighted by atomic mass is 10.2. The maximum atomic E-state index is 5.55. The van der Waals surface area contributed by atoms with Crippen molar-refractivity contribution >= 4 is 22.9 Å². The summed E-state index contributed by atoms with van der Waals surface area (Å²) in [5.41, 5.74) is 0.870. The van der Waals surface area contributed by atoms with Gasteiger partial charge in [-0.15, -0.1) is 21.5 Å². The zero-order valence-corrected chi connectivity index (χ0v) is 18.4. The number of hydrogen-bond donors (Lipinski definition) is 2. The second-order valence-electron chi connectivity index (χ2n) is 7.29.